The summed E-state index contributed by atoms with van der Waals surface area (Å²) < 4.78 is 13.5. The second-order valence-corrected chi connectivity index (χ2v) is 6.80. The lowest BCUT2D eigenvalue weighted by Gasteiger charge is -2.15. The van der Waals surface area contributed by atoms with Crippen molar-refractivity contribution in [3.8, 4) is 17.3 Å². The van der Waals surface area contributed by atoms with E-state index >= 15 is 0 Å². The standard InChI is InChI=1S/C23H22N4O3/c1-16(30-22-5-3-4-12-25-22)14-29-19-9-7-18(8-10-19)27-15-26-20-13-17(23(28)24-2)6-11-21(20)27/h3-13,15-16H,14H2,1-2H3,(H,24,28). The molecule has 0 spiro atoms. The van der Waals surface area contributed by atoms with Crippen molar-refractivity contribution in [2.45, 2.75) is 13.0 Å². The fraction of sp³-hybridized carbons (Fsp3) is 0.174. The van der Waals surface area contributed by atoms with E-state index in [2.05, 4.69) is 15.3 Å². The van der Waals surface area contributed by atoms with Crippen molar-refractivity contribution in [2.75, 3.05) is 13.7 Å². The molecule has 2 aromatic heterocycles. The number of amides is 1. The van der Waals surface area contributed by atoms with Crippen molar-refractivity contribution in [1.29, 1.82) is 0 Å². The van der Waals surface area contributed by atoms with Gasteiger partial charge in [0.1, 0.15) is 24.8 Å². The second kappa shape index (κ2) is 8.65. The summed E-state index contributed by atoms with van der Waals surface area (Å²) in [5, 5.41) is 2.62. The lowest BCUT2D eigenvalue weighted by atomic mass is 10.2. The Morgan fingerprint density at radius 3 is 2.67 bits per heavy atom. The zero-order chi connectivity index (χ0) is 20.9. The van der Waals surface area contributed by atoms with E-state index in [1.165, 1.54) is 0 Å². The largest absolute Gasteiger partial charge is 0.490 e. The van der Waals surface area contributed by atoms with Gasteiger partial charge in [-0.05, 0) is 55.5 Å². The molecule has 7 heteroatoms. The minimum absolute atomic E-state index is 0.130. The molecular formula is C23H22N4O3. The van der Waals surface area contributed by atoms with E-state index in [0.717, 1.165) is 22.5 Å². The van der Waals surface area contributed by atoms with E-state index < -0.39 is 0 Å². The van der Waals surface area contributed by atoms with E-state index in [1.807, 2.05) is 60.0 Å². The van der Waals surface area contributed by atoms with Crippen molar-refractivity contribution >= 4 is 16.9 Å². The number of benzene rings is 2. The Kier molecular flexibility index (Phi) is 5.61. The van der Waals surface area contributed by atoms with Gasteiger partial charge in [0, 0.05) is 30.6 Å². The summed E-state index contributed by atoms with van der Waals surface area (Å²) >= 11 is 0. The minimum Gasteiger partial charge on any atom is -0.490 e. The Balaban J connectivity index is 1.42. The van der Waals surface area contributed by atoms with Gasteiger partial charge in [-0.1, -0.05) is 6.07 Å². The second-order valence-electron chi connectivity index (χ2n) is 6.80. The van der Waals surface area contributed by atoms with Crippen LogP contribution in [0.1, 0.15) is 17.3 Å². The molecule has 0 bridgehead atoms. The number of fused-ring (bicyclic) bond motifs is 1. The van der Waals surface area contributed by atoms with E-state index in [1.54, 1.807) is 31.7 Å². The van der Waals surface area contributed by atoms with Crippen molar-refractivity contribution in [3.05, 3.63) is 78.8 Å². The first-order valence-electron chi connectivity index (χ1n) is 9.64. The van der Waals surface area contributed by atoms with Crippen molar-refractivity contribution in [2.24, 2.45) is 0 Å². The molecule has 0 aliphatic rings. The Bertz CT molecular complexity index is 1140. The van der Waals surface area contributed by atoms with E-state index in [-0.39, 0.29) is 12.0 Å². The quantitative estimate of drug-likeness (QED) is 0.511. The first-order chi connectivity index (χ1) is 14.6. The van der Waals surface area contributed by atoms with Gasteiger partial charge in [0.25, 0.3) is 5.91 Å². The highest BCUT2D eigenvalue weighted by molar-refractivity contribution is 5.97. The maximum absolute atomic E-state index is 11.8. The van der Waals surface area contributed by atoms with Gasteiger partial charge in [0.2, 0.25) is 5.88 Å². The molecule has 1 amide bonds. The number of carbonyl (C=O) groups is 1. The first kappa shape index (κ1) is 19.4. The normalized spacial score (nSPS) is 11.8. The molecule has 2 aromatic carbocycles. The summed E-state index contributed by atoms with van der Waals surface area (Å²) in [5.41, 5.74) is 3.22. The van der Waals surface area contributed by atoms with Gasteiger partial charge in [-0.2, -0.15) is 0 Å². The van der Waals surface area contributed by atoms with Gasteiger partial charge in [-0.15, -0.1) is 0 Å². The van der Waals surface area contributed by atoms with Crippen LogP contribution in [0.5, 0.6) is 11.6 Å². The molecule has 0 aliphatic heterocycles. The predicted octanol–water partition coefficient (Wildman–Crippen LogP) is 3.63. The summed E-state index contributed by atoms with van der Waals surface area (Å²) in [5.74, 6) is 1.20. The predicted molar refractivity (Wildman–Crippen MR) is 114 cm³/mol. The summed E-state index contributed by atoms with van der Waals surface area (Å²) in [6.07, 6.45) is 3.31. The molecule has 0 fully saturated rings. The molecule has 0 radical (unpaired) electrons. The van der Waals surface area contributed by atoms with Crippen molar-refractivity contribution < 1.29 is 14.3 Å². The number of hydrogen-bond acceptors (Lipinski definition) is 5. The molecule has 4 rings (SSSR count). The summed E-state index contributed by atoms with van der Waals surface area (Å²) in [7, 11) is 1.61. The van der Waals surface area contributed by atoms with Gasteiger partial charge in [-0.3, -0.25) is 9.36 Å². The molecule has 7 nitrogen and oxygen atoms in total. The van der Waals surface area contributed by atoms with E-state index in [0.29, 0.717) is 18.1 Å². The van der Waals surface area contributed by atoms with Crippen LogP contribution in [-0.4, -0.2) is 40.2 Å². The van der Waals surface area contributed by atoms with Crippen LogP contribution < -0.4 is 14.8 Å². The van der Waals surface area contributed by atoms with Crippen LogP contribution in [0, 0.1) is 0 Å². The number of nitrogens with zero attached hydrogens (tertiary/aromatic N) is 3. The fourth-order valence-electron chi connectivity index (χ4n) is 3.08. The molecule has 0 saturated carbocycles. The number of rotatable bonds is 7. The third kappa shape index (κ3) is 4.25. The number of pyridine rings is 1. The lowest BCUT2D eigenvalue weighted by molar-refractivity contribution is 0.0963. The molecule has 152 valence electrons. The highest BCUT2D eigenvalue weighted by atomic mass is 16.5. The molecule has 1 N–H and O–H groups in total. The van der Waals surface area contributed by atoms with Crippen LogP contribution in [0.15, 0.2) is 73.2 Å². The SMILES string of the molecule is CNC(=O)c1ccc2c(c1)ncn2-c1ccc(OCC(C)Oc2ccccn2)cc1. The van der Waals surface area contributed by atoms with E-state index in [4.69, 9.17) is 9.47 Å². The van der Waals surface area contributed by atoms with Crippen LogP contribution in [0.4, 0.5) is 0 Å². The lowest BCUT2D eigenvalue weighted by Crippen LogP contribution is -2.21. The fourth-order valence-corrected chi connectivity index (χ4v) is 3.08. The van der Waals surface area contributed by atoms with E-state index in [9.17, 15) is 4.79 Å². The van der Waals surface area contributed by atoms with Gasteiger partial charge in [-0.25, -0.2) is 9.97 Å². The number of ether oxygens (including phenoxy) is 2. The highest BCUT2D eigenvalue weighted by Gasteiger charge is 2.10. The zero-order valence-corrected chi connectivity index (χ0v) is 16.8. The average molecular weight is 402 g/mol. The molecule has 4 aromatic rings. The molecule has 1 unspecified atom stereocenters. The maximum atomic E-state index is 11.8. The first-order valence-corrected chi connectivity index (χ1v) is 9.64. The monoisotopic (exact) mass is 402 g/mol. The number of nitrogens with one attached hydrogen (secondary N) is 1. The highest BCUT2D eigenvalue weighted by Crippen LogP contribution is 2.22. The number of aromatic nitrogens is 3. The number of imidazole rings is 1. The number of hydrogen-bond donors (Lipinski definition) is 1. The molecule has 0 aliphatic carbocycles. The van der Waals surface area contributed by atoms with Crippen LogP contribution in [0.3, 0.4) is 0 Å². The molecule has 1 atom stereocenters. The van der Waals surface area contributed by atoms with Gasteiger partial charge in [0.15, 0.2) is 0 Å². The third-order valence-electron chi connectivity index (χ3n) is 4.60. The van der Waals surface area contributed by atoms with Crippen LogP contribution in [0.2, 0.25) is 0 Å². The van der Waals surface area contributed by atoms with Crippen LogP contribution in [0.25, 0.3) is 16.7 Å². The third-order valence-corrected chi connectivity index (χ3v) is 4.60. The Hall–Kier alpha value is -3.87. The molecule has 30 heavy (non-hydrogen) atoms. The Labute approximate surface area is 174 Å². The van der Waals surface area contributed by atoms with Crippen LogP contribution in [-0.2, 0) is 0 Å². The number of carbonyl (C=O) groups excluding carboxylic acids is 1. The average Bonchev–Trinajstić information content (AvgIpc) is 3.21. The van der Waals surface area contributed by atoms with Crippen LogP contribution >= 0.6 is 0 Å². The molecule has 0 saturated heterocycles. The topological polar surface area (TPSA) is 78.3 Å². The Morgan fingerprint density at radius 1 is 1.10 bits per heavy atom. The Morgan fingerprint density at radius 2 is 1.93 bits per heavy atom. The maximum Gasteiger partial charge on any atom is 0.251 e. The molecular weight excluding hydrogens is 380 g/mol. The summed E-state index contributed by atoms with van der Waals surface area (Å²) in [6, 6.07) is 18.8. The van der Waals surface area contributed by atoms with Gasteiger partial charge in [0.05, 0.1) is 11.0 Å². The molecule has 2 heterocycles. The van der Waals surface area contributed by atoms with Gasteiger partial charge >= 0.3 is 0 Å². The zero-order valence-electron chi connectivity index (χ0n) is 16.8. The summed E-state index contributed by atoms with van der Waals surface area (Å²) in [4.78, 5) is 20.4. The smallest absolute Gasteiger partial charge is 0.251 e. The minimum atomic E-state index is -0.133. The van der Waals surface area contributed by atoms with Crippen molar-refractivity contribution in [1.82, 2.24) is 19.9 Å². The summed E-state index contributed by atoms with van der Waals surface area (Å²) in [6.45, 7) is 2.35. The van der Waals surface area contributed by atoms with Crippen molar-refractivity contribution in [3.63, 3.8) is 0 Å². The van der Waals surface area contributed by atoms with Gasteiger partial charge < -0.3 is 14.8 Å².